The molecule has 0 aliphatic carbocycles. The van der Waals surface area contributed by atoms with Crippen molar-refractivity contribution >= 4 is 35.2 Å². The number of ether oxygens (including phenoxy) is 2. The van der Waals surface area contributed by atoms with Crippen LogP contribution in [0.25, 0.3) is 0 Å². The van der Waals surface area contributed by atoms with Gasteiger partial charge in [0.05, 0.1) is 6.61 Å². The second-order valence-electron chi connectivity index (χ2n) is 10.8. The minimum Gasteiger partial charge on any atom is -0.462 e. The monoisotopic (exact) mass is 586 g/mol. The van der Waals surface area contributed by atoms with Crippen molar-refractivity contribution in [1.29, 1.82) is 0 Å². The van der Waals surface area contributed by atoms with E-state index in [1.54, 1.807) is 11.8 Å². The summed E-state index contributed by atoms with van der Waals surface area (Å²) in [5.41, 5.74) is 2.88. The fourth-order valence-electron chi connectivity index (χ4n) is 5.27. The molecule has 43 heavy (non-hydrogen) atoms. The minimum atomic E-state index is -0.643. The van der Waals surface area contributed by atoms with Gasteiger partial charge in [0.2, 0.25) is 5.95 Å². The number of carbonyl (C=O) groups is 3. The zero-order chi connectivity index (χ0) is 30.2. The summed E-state index contributed by atoms with van der Waals surface area (Å²) >= 11 is 0. The van der Waals surface area contributed by atoms with E-state index in [0.717, 1.165) is 43.1 Å². The Labute approximate surface area is 251 Å². The lowest BCUT2D eigenvalue weighted by Gasteiger charge is -2.34. The van der Waals surface area contributed by atoms with Crippen molar-refractivity contribution in [3.63, 3.8) is 0 Å². The molecule has 2 fully saturated rings. The average Bonchev–Trinajstić information content (AvgIpc) is 3.04. The highest BCUT2D eigenvalue weighted by Crippen LogP contribution is 2.26. The topological polar surface area (TPSA) is 117 Å². The molecule has 5 rings (SSSR count). The quantitative estimate of drug-likeness (QED) is 0.286. The molecule has 2 aliphatic heterocycles. The molecule has 3 aromatic rings. The summed E-state index contributed by atoms with van der Waals surface area (Å²) in [6.45, 7) is 6.79. The molecule has 226 valence electrons. The standard InChI is InChI=1S/C32H38N6O5/c1-3-42-30(40)27-21-33-31(34-25-9-11-26(12-10-25)37-19-17-36(2)18-20-37)35-28(27)29(39)24-13-15-38(16-14-24)32(41)43-22-23-7-5-4-6-8-23/h4-12,21,24H,3,13-20,22H2,1-2H3,(H,33,34,35). The normalized spacial score (nSPS) is 16.0. The maximum Gasteiger partial charge on any atom is 0.410 e. The fraction of sp³-hybridized carbons (Fsp3) is 0.406. The van der Waals surface area contributed by atoms with Gasteiger partial charge in [0.15, 0.2) is 5.78 Å². The van der Waals surface area contributed by atoms with Gasteiger partial charge in [0, 0.05) is 62.8 Å². The summed E-state index contributed by atoms with van der Waals surface area (Å²) in [5.74, 6) is -1.10. The van der Waals surface area contributed by atoms with Gasteiger partial charge in [-0.05, 0) is 56.6 Å². The van der Waals surface area contributed by atoms with Crippen LogP contribution in [-0.4, -0.2) is 90.5 Å². The summed E-state index contributed by atoms with van der Waals surface area (Å²) in [7, 11) is 2.13. The smallest absolute Gasteiger partial charge is 0.410 e. The third-order valence-electron chi connectivity index (χ3n) is 7.84. The first-order valence-corrected chi connectivity index (χ1v) is 14.8. The van der Waals surface area contributed by atoms with Gasteiger partial charge in [0.1, 0.15) is 17.9 Å². The van der Waals surface area contributed by atoms with Gasteiger partial charge < -0.3 is 29.5 Å². The molecule has 0 unspecified atom stereocenters. The van der Waals surface area contributed by atoms with Gasteiger partial charge in [-0.3, -0.25) is 4.79 Å². The van der Waals surface area contributed by atoms with Crippen molar-refractivity contribution in [2.24, 2.45) is 5.92 Å². The fourth-order valence-corrected chi connectivity index (χ4v) is 5.27. The Bertz CT molecular complexity index is 1400. The first-order valence-electron chi connectivity index (χ1n) is 14.8. The van der Waals surface area contributed by atoms with Crippen molar-refractivity contribution in [1.82, 2.24) is 19.8 Å². The van der Waals surface area contributed by atoms with Crippen molar-refractivity contribution in [3.8, 4) is 0 Å². The van der Waals surface area contributed by atoms with Gasteiger partial charge >= 0.3 is 12.1 Å². The van der Waals surface area contributed by atoms with E-state index < -0.39 is 18.0 Å². The van der Waals surface area contributed by atoms with E-state index in [1.165, 1.54) is 6.20 Å². The molecule has 1 amide bonds. The Kier molecular flexibility index (Phi) is 9.83. The zero-order valence-electron chi connectivity index (χ0n) is 24.7. The number of nitrogens with zero attached hydrogens (tertiary/aromatic N) is 5. The number of likely N-dealkylation sites (tertiary alicyclic amines) is 1. The van der Waals surface area contributed by atoms with E-state index in [4.69, 9.17) is 9.47 Å². The SMILES string of the molecule is CCOC(=O)c1cnc(Nc2ccc(N3CCN(C)CC3)cc2)nc1C(=O)C1CCN(C(=O)OCc2ccccc2)CC1. The average molecular weight is 587 g/mol. The highest BCUT2D eigenvalue weighted by atomic mass is 16.6. The molecule has 1 aromatic heterocycles. The number of ketones is 1. The maximum atomic E-state index is 13.7. The molecule has 3 heterocycles. The molecule has 1 N–H and O–H groups in total. The number of benzene rings is 2. The molecule has 2 saturated heterocycles. The molecular weight excluding hydrogens is 548 g/mol. The Morgan fingerprint density at radius 2 is 1.60 bits per heavy atom. The van der Waals surface area contributed by atoms with Crippen LogP contribution in [0.2, 0.25) is 0 Å². The number of Topliss-reactive ketones (excluding diaryl/α,β-unsaturated/α-hetero) is 1. The Morgan fingerprint density at radius 3 is 2.28 bits per heavy atom. The Balaban J connectivity index is 1.24. The highest BCUT2D eigenvalue weighted by Gasteiger charge is 2.32. The van der Waals surface area contributed by atoms with Crippen LogP contribution in [-0.2, 0) is 16.1 Å². The molecule has 11 heteroatoms. The molecule has 2 aliphatic rings. The highest BCUT2D eigenvalue weighted by molar-refractivity contribution is 6.06. The van der Waals surface area contributed by atoms with E-state index in [-0.39, 0.29) is 36.2 Å². The van der Waals surface area contributed by atoms with Crippen molar-refractivity contribution < 1.29 is 23.9 Å². The van der Waals surface area contributed by atoms with Crippen molar-refractivity contribution in [2.45, 2.75) is 26.4 Å². The van der Waals surface area contributed by atoms with Crippen LogP contribution in [0.3, 0.4) is 0 Å². The minimum absolute atomic E-state index is 0.0233. The number of rotatable bonds is 9. The van der Waals surface area contributed by atoms with Crippen LogP contribution in [0, 0.1) is 5.92 Å². The molecular formula is C32H38N6O5. The third-order valence-corrected chi connectivity index (χ3v) is 7.84. The summed E-state index contributed by atoms with van der Waals surface area (Å²) < 4.78 is 10.6. The number of piperidine rings is 1. The molecule has 0 radical (unpaired) electrons. The summed E-state index contributed by atoms with van der Waals surface area (Å²) in [4.78, 5) is 54.1. The summed E-state index contributed by atoms with van der Waals surface area (Å²) in [5, 5.41) is 3.16. The molecule has 0 bridgehead atoms. The zero-order valence-corrected chi connectivity index (χ0v) is 24.7. The number of anilines is 3. The maximum absolute atomic E-state index is 13.7. The van der Waals surface area contributed by atoms with Gasteiger partial charge in [-0.25, -0.2) is 19.6 Å². The number of nitrogens with one attached hydrogen (secondary N) is 1. The number of hydrogen-bond donors (Lipinski definition) is 1. The number of likely N-dealkylation sites (N-methyl/N-ethyl adjacent to an activating group) is 1. The Hall–Kier alpha value is -4.51. The summed E-state index contributed by atoms with van der Waals surface area (Å²) in [6, 6.07) is 17.5. The van der Waals surface area contributed by atoms with E-state index in [9.17, 15) is 14.4 Å². The van der Waals surface area contributed by atoms with Crippen LogP contribution in [0.1, 0.15) is 46.2 Å². The molecule has 0 spiro atoms. The van der Waals surface area contributed by atoms with Gasteiger partial charge in [0.25, 0.3) is 0 Å². The summed E-state index contributed by atoms with van der Waals surface area (Å²) in [6.07, 6.45) is 1.80. The molecule has 2 aromatic carbocycles. The third kappa shape index (κ3) is 7.66. The largest absolute Gasteiger partial charge is 0.462 e. The number of hydrogen-bond acceptors (Lipinski definition) is 10. The number of amides is 1. The second-order valence-corrected chi connectivity index (χ2v) is 10.8. The number of piperazine rings is 1. The second kappa shape index (κ2) is 14.1. The van der Waals surface area contributed by atoms with Gasteiger partial charge in [-0.1, -0.05) is 30.3 Å². The van der Waals surface area contributed by atoms with Gasteiger partial charge in [-0.2, -0.15) is 0 Å². The van der Waals surface area contributed by atoms with Crippen molar-refractivity contribution in [2.75, 3.05) is 63.1 Å². The first-order chi connectivity index (χ1) is 20.9. The van der Waals surface area contributed by atoms with Crippen LogP contribution < -0.4 is 10.2 Å². The number of esters is 1. The molecule has 0 saturated carbocycles. The predicted molar refractivity (Wildman–Crippen MR) is 163 cm³/mol. The van der Waals surface area contributed by atoms with Gasteiger partial charge in [-0.15, -0.1) is 0 Å². The number of carbonyl (C=O) groups excluding carboxylic acids is 3. The van der Waals surface area contributed by atoms with E-state index in [2.05, 4.69) is 32.1 Å². The molecule has 0 atom stereocenters. The van der Waals surface area contributed by atoms with E-state index in [1.807, 2.05) is 54.6 Å². The first kappa shape index (κ1) is 30.0. The predicted octanol–water partition coefficient (Wildman–Crippen LogP) is 4.38. The lowest BCUT2D eigenvalue weighted by atomic mass is 9.90. The van der Waals surface area contributed by atoms with Crippen molar-refractivity contribution in [3.05, 3.63) is 77.6 Å². The van der Waals surface area contributed by atoms with Crippen LogP contribution in [0.4, 0.5) is 22.1 Å². The van der Waals surface area contributed by atoms with Crippen LogP contribution >= 0.6 is 0 Å². The van der Waals surface area contributed by atoms with Crippen LogP contribution in [0.5, 0.6) is 0 Å². The Morgan fingerprint density at radius 1 is 0.907 bits per heavy atom. The molecule has 11 nitrogen and oxygen atoms in total. The van der Waals surface area contributed by atoms with Crippen LogP contribution in [0.15, 0.2) is 60.8 Å². The lowest BCUT2D eigenvalue weighted by molar-refractivity contribution is 0.0519. The lowest BCUT2D eigenvalue weighted by Crippen LogP contribution is -2.44. The van der Waals surface area contributed by atoms with E-state index in [0.29, 0.717) is 25.9 Å². The van der Waals surface area contributed by atoms with E-state index >= 15 is 0 Å². The number of aromatic nitrogens is 2.